The normalized spacial score (nSPS) is 12.4. The zero-order valence-electron chi connectivity index (χ0n) is 13.7. The molecule has 0 bridgehead atoms. The highest BCUT2D eigenvalue weighted by atomic mass is 32.2. The van der Waals surface area contributed by atoms with E-state index in [-0.39, 0.29) is 11.7 Å². The molecule has 0 heterocycles. The first-order valence-corrected chi connectivity index (χ1v) is 14.7. The Balaban J connectivity index is 3.17. The van der Waals surface area contributed by atoms with Crippen LogP contribution in [0.15, 0.2) is 0 Å². The Kier molecular flexibility index (Phi) is 21.2. The van der Waals surface area contributed by atoms with Crippen molar-refractivity contribution in [2.75, 3.05) is 57.0 Å². The van der Waals surface area contributed by atoms with Gasteiger partial charge in [0, 0.05) is 61.9 Å². The second-order valence-corrected chi connectivity index (χ2v) is 12.5. The van der Waals surface area contributed by atoms with E-state index in [1.807, 2.05) is 42.2 Å². The van der Waals surface area contributed by atoms with Crippen LogP contribution in [0.1, 0.15) is 19.8 Å². The molecule has 1 atom stereocenters. The maximum atomic E-state index is 11.6. The van der Waals surface area contributed by atoms with E-state index in [1.165, 1.54) is 11.8 Å². The Morgan fingerprint density at radius 1 is 0.957 bits per heavy atom. The zero-order valence-corrected chi connectivity index (χ0v) is 18.6. The van der Waals surface area contributed by atoms with E-state index in [9.17, 15) is 9.00 Å². The van der Waals surface area contributed by atoms with Gasteiger partial charge in [-0.1, -0.05) is 18.7 Å². The van der Waals surface area contributed by atoms with Crippen LogP contribution in [0.5, 0.6) is 0 Å². The summed E-state index contributed by atoms with van der Waals surface area (Å²) in [5, 5.41) is 11.0. The van der Waals surface area contributed by atoms with Crippen molar-refractivity contribution in [1.82, 2.24) is 0 Å². The highest BCUT2D eigenvalue weighted by molar-refractivity contribution is 8.22. The molecule has 0 aliphatic heterocycles. The largest absolute Gasteiger partial charge is 0.396 e. The van der Waals surface area contributed by atoms with Crippen molar-refractivity contribution in [3.8, 4) is 0 Å². The molecule has 0 radical (unpaired) electrons. The minimum Gasteiger partial charge on any atom is -0.396 e. The minimum atomic E-state index is -0.618. The van der Waals surface area contributed by atoms with Gasteiger partial charge in [-0.05, 0) is 12.2 Å². The molecule has 0 aliphatic rings. The molecule has 138 valence electrons. The fourth-order valence-electron chi connectivity index (χ4n) is 1.34. The lowest BCUT2D eigenvalue weighted by molar-refractivity contribution is -0.110. The Bertz CT molecular complexity index is 304. The number of carbonyl (C=O) groups is 1. The molecule has 0 saturated heterocycles. The van der Waals surface area contributed by atoms with Gasteiger partial charge >= 0.3 is 0 Å². The number of aliphatic hydroxyl groups excluding tert-OH is 1. The van der Waals surface area contributed by atoms with Gasteiger partial charge in [0.05, 0.1) is 6.61 Å². The molecule has 0 spiro atoms. The molecule has 1 unspecified atom stereocenters. The lowest BCUT2D eigenvalue weighted by Gasteiger charge is -2.03. The summed E-state index contributed by atoms with van der Waals surface area (Å²) in [4.78, 5) is 11.6. The predicted molar refractivity (Wildman–Crippen MR) is 117 cm³/mol. The van der Waals surface area contributed by atoms with Crippen LogP contribution in [0.4, 0.5) is 0 Å². The van der Waals surface area contributed by atoms with E-state index >= 15 is 0 Å². The van der Waals surface area contributed by atoms with Gasteiger partial charge in [-0.15, -0.1) is 11.8 Å². The molecule has 0 saturated carbocycles. The van der Waals surface area contributed by atoms with Gasteiger partial charge in [0.15, 0.2) is 5.12 Å². The van der Waals surface area contributed by atoms with Crippen LogP contribution in [-0.2, 0) is 15.6 Å². The third-order valence-electron chi connectivity index (χ3n) is 2.49. The van der Waals surface area contributed by atoms with Gasteiger partial charge in [0.1, 0.15) is 0 Å². The molecular weight excluding hydrogens is 409 g/mol. The first kappa shape index (κ1) is 24.5. The summed E-state index contributed by atoms with van der Waals surface area (Å²) in [5.74, 6) is 6.15. The molecule has 0 rings (SSSR count). The Hall–Kier alpha value is 1.53. The van der Waals surface area contributed by atoms with E-state index in [4.69, 9.17) is 5.11 Å². The van der Waals surface area contributed by atoms with Crippen LogP contribution in [0, 0.1) is 0 Å². The second-order valence-electron chi connectivity index (χ2n) is 4.35. The van der Waals surface area contributed by atoms with Gasteiger partial charge in [0.2, 0.25) is 0 Å². The van der Waals surface area contributed by atoms with E-state index in [2.05, 4.69) is 0 Å². The summed E-state index contributed by atoms with van der Waals surface area (Å²) < 4.78 is 11.2. The molecule has 3 nitrogen and oxygen atoms in total. The lowest BCUT2D eigenvalue weighted by atomic mass is 10.5. The number of rotatable bonds is 17. The van der Waals surface area contributed by atoms with E-state index in [1.54, 1.807) is 11.8 Å². The van der Waals surface area contributed by atoms with Crippen LogP contribution < -0.4 is 0 Å². The summed E-state index contributed by atoms with van der Waals surface area (Å²) in [7, 11) is -0.618. The molecule has 23 heavy (non-hydrogen) atoms. The maximum absolute atomic E-state index is 11.6. The fraction of sp³-hybridized carbons (Fsp3) is 0.929. The number of carbonyl (C=O) groups excluding carboxylic acids is 1. The highest BCUT2D eigenvalue weighted by Gasteiger charge is 2.03. The highest BCUT2D eigenvalue weighted by Crippen LogP contribution is 2.20. The van der Waals surface area contributed by atoms with Gasteiger partial charge in [0.25, 0.3) is 0 Å². The van der Waals surface area contributed by atoms with Crippen molar-refractivity contribution in [3.63, 3.8) is 0 Å². The third kappa shape index (κ3) is 19.7. The second kappa shape index (κ2) is 19.8. The van der Waals surface area contributed by atoms with E-state index in [0.717, 1.165) is 56.9 Å². The first-order chi connectivity index (χ1) is 11.2. The fourth-order valence-corrected chi connectivity index (χ4v) is 7.47. The number of hydrogen-bond acceptors (Lipinski definition) is 8. The van der Waals surface area contributed by atoms with Crippen LogP contribution in [-0.4, -0.2) is 71.5 Å². The van der Waals surface area contributed by atoms with Crippen LogP contribution >= 0.6 is 58.8 Å². The molecule has 9 heteroatoms. The summed E-state index contributed by atoms with van der Waals surface area (Å²) >= 11 is 8.75. The molecule has 0 fully saturated rings. The Morgan fingerprint density at radius 2 is 1.70 bits per heavy atom. The van der Waals surface area contributed by atoms with E-state index in [0.29, 0.717) is 6.42 Å². The first-order valence-electron chi connectivity index (χ1n) is 7.63. The number of thioether (sulfide) groups is 5. The van der Waals surface area contributed by atoms with Crippen molar-refractivity contribution >= 4 is 74.7 Å². The van der Waals surface area contributed by atoms with Crippen LogP contribution in [0.3, 0.4) is 0 Å². The molecule has 0 amide bonds. The Morgan fingerprint density at radius 3 is 2.39 bits per heavy atom. The maximum Gasteiger partial charge on any atom is 0.189 e. The zero-order chi connectivity index (χ0) is 17.2. The standard InChI is InChI=1S/C14H28O3S6/c1-2-23(17)11-3-6-19-12-21-13-20-7-4-14(16)22-10-9-18-8-5-15/h15H,2-13H2,1H3. The smallest absolute Gasteiger partial charge is 0.189 e. The topological polar surface area (TPSA) is 54.4 Å². The SMILES string of the molecule is CCS(=O)CCCSCSCSCCC(=O)SCCSCCO. The minimum absolute atomic E-state index is 0.216. The van der Waals surface area contributed by atoms with E-state index < -0.39 is 10.8 Å². The molecule has 0 aliphatic carbocycles. The van der Waals surface area contributed by atoms with Gasteiger partial charge in [-0.3, -0.25) is 9.00 Å². The summed E-state index contributed by atoms with van der Waals surface area (Å²) in [6.07, 6.45) is 1.69. The summed E-state index contributed by atoms with van der Waals surface area (Å²) in [6, 6.07) is 0. The average Bonchev–Trinajstić information content (AvgIpc) is 2.56. The summed E-state index contributed by atoms with van der Waals surface area (Å²) in [6.45, 7) is 2.18. The number of hydrogen-bond donors (Lipinski definition) is 1. The van der Waals surface area contributed by atoms with Crippen LogP contribution in [0.2, 0.25) is 0 Å². The van der Waals surface area contributed by atoms with Crippen molar-refractivity contribution in [2.24, 2.45) is 0 Å². The quantitative estimate of drug-likeness (QED) is 0.274. The molecule has 1 N–H and O–H groups in total. The summed E-state index contributed by atoms with van der Waals surface area (Å²) in [5.41, 5.74) is 0. The monoisotopic (exact) mass is 436 g/mol. The van der Waals surface area contributed by atoms with Crippen molar-refractivity contribution in [3.05, 3.63) is 0 Å². The molecule has 0 aromatic carbocycles. The third-order valence-corrected chi connectivity index (χ3v) is 9.77. The Labute approximate surface area is 164 Å². The lowest BCUT2D eigenvalue weighted by Crippen LogP contribution is -2.00. The average molecular weight is 437 g/mol. The van der Waals surface area contributed by atoms with Gasteiger partial charge in [-0.25, -0.2) is 0 Å². The van der Waals surface area contributed by atoms with Crippen molar-refractivity contribution < 1.29 is 14.1 Å². The van der Waals surface area contributed by atoms with Crippen LogP contribution in [0.25, 0.3) is 0 Å². The number of aliphatic hydroxyl groups is 1. The molecular formula is C14H28O3S6. The molecule has 0 aromatic heterocycles. The van der Waals surface area contributed by atoms with Crippen molar-refractivity contribution in [2.45, 2.75) is 19.8 Å². The van der Waals surface area contributed by atoms with Gasteiger partial charge < -0.3 is 5.11 Å². The predicted octanol–water partition coefficient (Wildman–Crippen LogP) is 3.64. The molecule has 0 aromatic rings. The van der Waals surface area contributed by atoms with Gasteiger partial charge in [-0.2, -0.15) is 35.3 Å². The van der Waals surface area contributed by atoms with Crippen molar-refractivity contribution in [1.29, 1.82) is 0 Å².